The minimum Gasteiger partial charge on any atom is -0.450 e. The molecule has 11 heavy (non-hydrogen) atoms. The van der Waals surface area contributed by atoms with Crippen LogP contribution in [0.25, 0.3) is 0 Å². The molecular weight excluding hydrogens is 142 g/mol. The number of hydrogen-bond donors (Lipinski definition) is 0. The lowest BCUT2D eigenvalue weighted by atomic mass is 10.1. The van der Waals surface area contributed by atoms with Gasteiger partial charge in [0.05, 0.1) is 6.61 Å². The van der Waals surface area contributed by atoms with Crippen LogP contribution in [0, 0.1) is 19.3 Å². The number of piperidine rings is 1. The first-order valence-electron chi connectivity index (χ1n) is 3.74. The maximum Gasteiger partial charge on any atom is 0.409 e. The third-order valence-corrected chi connectivity index (χ3v) is 1.45. The normalized spacial score (nSPS) is 18.1. The molecule has 0 aromatic heterocycles. The Morgan fingerprint density at radius 1 is 1.55 bits per heavy atom. The summed E-state index contributed by atoms with van der Waals surface area (Å²) in [5, 5.41) is 0. The van der Waals surface area contributed by atoms with Crippen LogP contribution >= 0.6 is 0 Å². The maximum atomic E-state index is 11.0. The topological polar surface area (TPSA) is 29.5 Å². The second-order valence-corrected chi connectivity index (χ2v) is 2.27. The first-order chi connectivity index (χ1) is 5.34. The second kappa shape index (κ2) is 4.21. The van der Waals surface area contributed by atoms with Crippen LogP contribution < -0.4 is 0 Å². The van der Waals surface area contributed by atoms with Crippen molar-refractivity contribution in [3.8, 4) is 0 Å². The van der Waals surface area contributed by atoms with E-state index in [9.17, 15) is 4.79 Å². The third-order valence-electron chi connectivity index (χ3n) is 1.45. The van der Waals surface area contributed by atoms with E-state index in [0.717, 1.165) is 0 Å². The summed E-state index contributed by atoms with van der Waals surface area (Å²) in [5.74, 6) is 0. The summed E-state index contributed by atoms with van der Waals surface area (Å²) < 4.78 is 4.81. The predicted molar refractivity (Wildman–Crippen MR) is 41.5 cm³/mol. The van der Waals surface area contributed by atoms with Gasteiger partial charge in [0.25, 0.3) is 0 Å². The van der Waals surface area contributed by atoms with Crippen molar-refractivity contribution >= 4 is 6.09 Å². The molecule has 0 saturated carbocycles. The molecule has 1 rings (SSSR count). The quantitative estimate of drug-likeness (QED) is 0.565. The van der Waals surface area contributed by atoms with Crippen molar-refractivity contribution in [2.75, 3.05) is 19.7 Å². The summed E-state index contributed by atoms with van der Waals surface area (Å²) in [7, 11) is 0. The first-order valence-corrected chi connectivity index (χ1v) is 3.74. The van der Waals surface area contributed by atoms with Gasteiger partial charge in [0.2, 0.25) is 0 Å². The molecule has 1 heterocycles. The van der Waals surface area contributed by atoms with Crippen LogP contribution in [0.5, 0.6) is 0 Å². The van der Waals surface area contributed by atoms with Crippen LogP contribution in [0.4, 0.5) is 4.79 Å². The Labute approximate surface area is 67.3 Å². The van der Waals surface area contributed by atoms with Gasteiger partial charge in [0, 0.05) is 13.1 Å². The number of likely N-dealkylation sites (tertiary alicyclic amines) is 1. The fourth-order valence-corrected chi connectivity index (χ4v) is 0.911. The van der Waals surface area contributed by atoms with Gasteiger partial charge in [-0.2, -0.15) is 0 Å². The maximum absolute atomic E-state index is 11.0. The molecule has 0 atom stereocenters. The molecular formula is C8H12NO2. The Bertz CT molecular complexity index is 130. The van der Waals surface area contributed by atoms with Crippen LogP contribution in [0.15, 0.2) is 0 Å². The Hall–Kier alpha value is -0.730. The van der Waals surface area contributed by atoms with Crippen molar-refractivity contribution < 1.29 is 9.53 Å². The highest BCUT2D eigenvalue weighted by atomic mass is 16.6. The van der Waals surface area contributed by atoms with E-state index in [1.165, 1.54) is 0 Å². The van der Waals surface area contributed by atoms with E-state index in [0.29, 0.717) is 19.7 Å². The third kappa shape index (κ3) is 2.41. The van der Waals surface area contributed by atoms with Crippen LogP contribution in [-0.4, -0.2) is 30.7 Å². The average molecular weight is 154 g/mol. The molecule has 3 radical (unpaired) electrons. The molecule has 1 aliphatic rings. The highest BCUT2D eigenvalue weighted by Crippen LogP contribution is 2.06. The van der Waals surface area contributed by atoms with Gasteiger partial charge in [-0.3, -0.25) is 0 Å². The van der Waals surface area contributed by atoms with E-state index >= 15 is 0 Å². The monoisotopic (exact) mass is 154 g/mol. The summed E-state index contributed by atoms with van der Waals surface area (Å²) in [6, 6.07) is 0. The fourth-order valence-electron chi connectivity index (χ4n) is 0.911. The van der Waals surface area contributed by atoms with E-state index in [1.54, 1.807) is 11.8 Å². The van der Waals surface area contributed by atoms with E-state index in [-0.39, 0.29) is 6.09 Å². The predicted octanol–water partition coefficient (Wildman–Crippen LogP) is 1.07. The highest BCUT2D eigenvalue weighted by Gasteiger charge is 2.16. The van der Waals surface area contributed by atoms with Gasteiger partial charge in [-0.05, 0) is 26.2 Å². The van der Waals surface area contributed by atoms with E-state index in [4.69, 9.17) is 4.74 Å². The van der Waals surface area contributed by atoms with Gasteiger partial charge in [-0.15, -0.1) is 0 Å². The summed E-state index contributed by atoms with van der Waals surface area (Å²) in [6.45, 7) is 3.57. The molecule has 0 aromatic carbocycles. The Morgan fingerprint density at radius 3 is 2.73 bits per heavy atom. The molecule has 0 N–H and O–H groups in total. The summed E-state index contributed by atoms with van der Waals surface area (Å²) in [6.07, 6.45) is 5.59. The number of amides is 1. The Balaban J connectivity index is 2.27. The lowest BCUT2D eigenvalue weighted by Crippen LogP contribution is -2.36. The molecule has 3 nitrogen and oxygen atoms in total. The van der Waals surface area contributed by atoms with Gasteiger partial charge in [-0.1, -0.05) is 0 Å². The second-order valence-electron chi connectivity index (χ2n) is 2.27. The zero-order valence-electron chi connectivity index (χ0n) is 6.62. The molecule has 3 heteroatoms. The lowest BCUT2D eigenvalue weighted by Gasteiger charge is -2.24. The summed E-state index contributed by atoms with van der Waals surface area (Å²) in [5.41, 5.74) is 0. The van der Waals surface area contributed by atoms with Gasteiger partial charge in [0.1, 0.15) is 0 Å². The molecule has 61 valence electrons. The standard InChI is InChI=1S/C8H12NO2/c1-2-11-8(10)9-6-4-3-5-7-9/h3-5H,2,6-7H2,1H3. The number of hydrogen-bond acceptors (Lipinski definition) is 2. The SMILES string of the molecule is CCOC(=O)N1C[CH][CH][CH]C1. The molecule has 0 aliphatic carbocycles. The Morgan fingerprint density at radius 2 is 2.18 bits per heavy atom. The number of ether oxygens (including phenoxy) is 1. The van der Waals surface area contributed by atoms with Gasteiger partial charge in [0.15, 0.2) is 0 Å². The minimum absolute atomic E-state index is 0.229. The molecule has 0 spiro atoms. The number of carbonyl (C=O) groups is 1. The van der Waals surface area contributed by atoms with Gasteiger partial charge < -0.3 is 9.64 Å². The van der Waals surface area contributed by atoms with Crippen LogP contribution in [0.2, 0.25) is 0 Å². The van der Waals surface area contributed by atoms with Crippen molar-refractivity contribution in [3.63, 3.8) is 0 Å². The Kier molecular flexibility index (Phi) is 3.20. The van der Waals surface area contributed by atoms with Gasteiger partial charge >= 0.3 is 6.09 Å². The smallest absolute Gasteiger partial charge is 0.409 e. The number of nitrogens with zero attached hydrogens (tertiary/aromatic N) is 1. The largest absolute Gasteiger partial charge is 0.450 e. The van der Waals surface area contributed by atoms with Crippen LogP contribution in [0.1, 0.15) is 6.92 Å². The minimum atomic E-state index is -0.229. The lowest BCUT2D eigenvalue weighted by molar-refractivity contribution is 0.112. The van der Waals surface area contributed by atoms with E-state index < -0.39 is 0 Å². The van der Waals surface area contributed by atoms with Gasteiger partial charge in [-0.25, -0.2) is 4.79 Å². The van der Waals surface area contributed by atoms with E-state index in [2.05, 4.69) is 0 Å². The summed E-state index contributed by atoms with van der Waals surface area (Å²) in [4.78, 5) is 12.7. The molecule has 1 fully saturated rings. The number of carbonyl (C=O) groups excluding carboxylic acids is 1. The number of rotatable bonds is 1. The van der Waals surface area contributed by atoms with Crippen molar-refractivity contribution in [2.24, 2.45) is 0 Å². The zero-order chi connectivity index (χ0) is 8.10. The van der Waals surface area contributed by atoms with Crippen molar-refractivity contribution in [3.05, 3.63) is 19.3 Å². The van der Waals surface area contributed by atoms with Crippen molar-refractivity contribution in [1.29, 1.82) is 0 Å². The zero-order valence-corrected chi connectivity index (χ0v) is 6.62. The van der Waals surface area contributed by atoms with Crippen molar-refractivity contribution in [1.82, 2.24) is 4.90 Å². The average Bonchev–Trinajstić information content (AvgIpc) is 2.07. The fraction of sp³-hybridized carbons (Fsp3) is 0.500. The van der Waals surface area contributed by atoms with Crippen LogP contribution in [0.3, 0.4) is 0 Å². The molecule has 1 saturated heterocycles. The molecule has 0 unspecified atom stereocenters. The van der Waals surface area contributed by atoms with Crippen LogP contribution in [-0.2, 0) is 4.74 Å². The molecule has 0 aromatic rings. The molecule has 0 bridgehead atoms. The summed E-state index contributed by atoms with van der Waals surface area (Å²) >= 11 is 0. The van der Waals surface area contributed by atoms with E-state index in [1.807, 2.05) is 19.3 Å². The molecule has 1 amide bonds. The van der Waals surface area contributed by atoms with Crippen molar-refractivity contribution in [2.45, 2.75) is 6.92 Å². The first kappa shape index (κ1) is 8.37. The highest BCUT2D eigenvalue weighted by molar-refractivity contribution is 5.68. The molecule has 1 aliphatic heterocycles.